The molecule has 1 aliphatic rings. The summed E-state index contributed by atoms with van der Waals surface area (Å²) in [5.41, 5.74) is -0.105. The van der Waals surface area contributed by atoms with Crippen LogP contribution in [-0.2, 0) is 24.9 Å². The van der Waals surface area contributed by atoms with Crippen LogP contribution in [0.15, 0.2) is 10.7 Å². The number of hydrogen-bond donors (Lipinski definition) is 1. The molecule has 0 fully saturated rings. The first-order valence-corrected chi connectivity index (χ1v) is 6.95. The van der Waals surface area contributed by atoms with E-state index in [1.165, 1.54) is 0 Å². The summed E-state index contributed by atoms with van der Waals surface area (Å²) in [6, 6.07) is 0.370. The SMILES string of the molecule is CC(C)(C)c1nnc(CN[C@H]2CCc3ncnn3C2)o1. The van der Waals surface area contributed by atoms with Crippen molar-refractivity contribution < 1.29 is 4.42 Å². The Bertz CT molecular complexity index is 582. The molecule has 1 aliphatic heterocycles. The highest BCUT2D eigenvalue weighted by atomic mass is 16.4. The summed E-state index contributed by atoms with van der Waals surface area (Å²) >= 11 is 0. The average Bonchev–Trinajstić information content (AvgIpc) is 3.04. The molecular formula is C13H20N6O. The molecule has 0 spiro atoms. The van der Waals surface area contributed by atoms with Gasteiger partial charge in [-0.05, 0) is 6.42 Å². The summed E-state index contributed by atoms with van der Waals surface area (Å²) in [5.74, 6) is 2.38. The van der Waals surface area contributed by atoms with E-state index in [1.54, 1.807) is 6.33 Å². The van der Waals surface area contributed by atoms with Crippen LogP contribution in [-0.4, -0.2) is 31.0 Å². The molecule has 7 nitrogen and oxygen atoms in total. The van der Waals surface area contributed by atoms with Gasteiger partial charge in [0.05, 0.1) is 13.1 Å². The van der Waals surface area contributed by atoms with Crippen molar-refractivity contribution in [1.29, 1.82) is 0 Å². The molecule has 0 saturated heterocycles. The van der Waals surface area contributed by atoms with Crippen LogP contribution in [0.4, 0.5) is 0 Å². The normalized spacial score (nSPS) is 19.1. The number of fused-ring (bicyclic) bond motifs is 1. The molecular weight excluding hydrogens is 256 g/mol. The third kappa shape index (κ3) is 2.72. The molecule has 1 N–H and O–H groups in total. The lowest BCUT2D eigenvalue weighted by molar-refractivity contribution is 0.325. The second-order valence-corrected chi connectivity index (χ2v) is 6.23. The number of aryl methyl sites for hydroxylation is 1. The van der Waals surface area contributed by atoms with Crippen molar-refractivity contribution in [2.75, 3.05) is 0 Å². The van der Waals surface area contributed by atoms with Gasteiger partial charge in [0.1, 0.15) is 12.2 Å². The minimum Gasteiger partial charge on any atom is -0.423 e. The molecule has 2 aromatic heterocycles. The molecule has 2 aromatic rings. The number of nitrogens with zero attached hydrogens (tertiary/aromatic N) is 5. The fourth-order valence-corrected chi connectivity index (χ4v) is 2.26. The Morgan fingerprint density at radius 3 is 3.00 bits per heavy atom. The molecule has 0 aliphatic carbocycles. The predicted molar refractivity (Wildman–Crippen MR) is 72.0 cm³/mol. The number of aromatic nitrogens is 5. The summed E-state index contributed by atoms with van der Waals surface area (Å²) in [6.45, 7) is 7.62. The average molecular weight is 276 g/mol. The zero-order valence-electron chi connectivity index (χ0n) is 12.1. The Morgan fingerprint density at radius 1 is 1.40 bits per heavy atom. The van der Waals surface area contributed by atoms with Crippen molar-refractivity contribution in [3.63, 3.8) is 0 Å². The van der Waals surface area contributed by atoms with Crippen molar-refractivity contribution in [2.45, 2.75) is 58.2 Å². The highest BCUT2D eigenvalue weighted by Gasteiger charge is 2.23. The van der Waals surface area contributed by atoms with Gasteiger partial charge in [-0.3, -0.25) is 0 Å². The van der Waals surface area contributed by atoms with E-state index in [1.807, 2.05) is 4.68 Å². The van der Waals surface area contributed by atoms with E-state index in [4.69, 9.17) is 4.42 Å². The van der Waals surface area contributed by atoms with Gasteiger partial charge in [-0.25, -0.2) is 9.67 Å². The summed E-state index contributed by atoms with van der Waals surface area (Å²) in [6.07, 6.45) is 3.62. The minimum absolute atomic E-state index is 0.105. The summed E-state index contributed by atoms with van der Waals surface area (Å²) < 4.78 is 7.63. The van der Waals surface area contributed by atoms with Gasteiger partial charge >= 0.3 is 0 Å². The van der Waals surface area contributed by atoms with E-state index < -0.39 is 0 Å². The van der Waals surface area contributed by atoms with E-state index in [2.05, 4.69) is 46.4 Å². The molecule has 1 atom stereocenters. The van der Waals surface area contributed by atoms with Gasteiger partial charge in [0.15, 0.2) is 0 Å². The van der Waals surface area contributed by atoms with Crippen molar-refractivity contribution in [3.05, 3.63) is 23.9 Å². The van der Waals surface area contributed by atoms with Gasteiger partial charge in [0.2, 0.25) is 11.8 Å². The third-order valence-corrected chi connectivity index (χ3v) is 3.46. The van der Waals surface area contributed by atoms with Gasteiger partial charge in [0, 0.05) is 17.9 Å². The highest BCUT2D eigenvalue weighted by molar-refractivity contribution is 4.96. The van der Waals surface area contributed by atoms with Crippen LogP contribution in [0.2, 0.25) is 0 Å². The smallest absolute Gasteiger partial charge is 0.230 e. The van der Waals surface area contributed by atoms with Crippen LogP contribution in [0.5, 0.6) is 0 Å². The molecule has 3 rings (SSSR count). The fourth-order valence-electron chi connectivity index (χ4n) is 2.26. The van der Waals surface area contributed by atoms with Crippen molar-refractivity contribution in [3.8, 4) is 0 Å². The van der Waals surface area contributed by atoms with Gasteiger partial charge in [0.25, 0.3) is 0 Å². The van der Waals surface area contributed by atoms with Crippen LogP contribution in [0.1, 0.15) is 44.8 Å². The minimum atomic E-state index is -0.105. The second kappa shape index (κ2) is 4.97. The highest BCUT2D eigenvalue weighted by Crippen LogP contribution is 2.20. The van der Waals surface area contributed by atoms with E-state index in [0.29, 0.717) is 24.4 Å². The zero-order valence-corrected chi connectivity index (χ0v) is 12.1. The molecule has 0 bridgehead atoms. The van der Waals surface area contributed by atoms with Crippen molar-refractivity contribution in [1.82, 2.24) is 30.3 Å². The molecule has 0 saturated carbocycles. The Kier molecular flexibility index (Phi) is 3.29. The molecule has 3 heterocycles. The maximum Gasteiger partial charge on any atom is 0.230 e. The number of hydrogen-bond acceptors (Lipinski definition) is 6. The van der Waals surface area contributed by atoms with E-state index in [0.717, 1.165) is 25.2 Å². The topological polar surface area (TPSA) is 81.7 Å². The first-order chi connectivity index (χ1) is 9.52. The first-order valence-electron chi connectivity index (χ1n) is 6.95. The van der Waals surface area contributed by atoms with E-state index in [-0.39, 0.29) is 5.41 Å². The van der Waals surface area contributed by atoms with Gasteiger partial charge < -0.3 is 9.73 Å². The molecule has 0 amide bonds. The van der Waals surface area contributed by atoms with E-state index in [9.17, 15) is 0 Å². The van der Waals surface area contributed by atoms with Crippen molar-refractivity contribution >= 4 is 0 Å². The van der Waals surface area contributed by atoms with Crippen LogP contribution in [0.25, 0.3) is 0 Å². The Labute approximate surface area is 117 Å². The predicted octanol–water partition coefficient (Wildman–Crippen LogP) is 1.06. The van der Waals surface area contributed by atoms with Gasteiger partial charge in [-0.2, -0.15) is 5.10 Å². The lowest BCUT2D eigenvalue weighted by Gasteiger charge is -2.22. The Morgan fingerprint density at radius 2 is 2.25 bits per heavy atom. The third-order valence-electron chi connectivity index (χ3n) is 3.46. The maximum atomic E-state index is 5.67. The molecule has 0 unspecified atom stereocenters. The van der Waals surface area contributed by atoms with Crippen LogP contribution < -0.4 is 5.32 Å². The molecule has 20 heavy (non-hydrogen) atoms. The summed E-state index contributed by atoms with van der Waals surface area (Å²) in [5, 5.41) is 15.8. The standard InChI is InChI=1S/C13H20N6O/c1-13(2,3)12-18-17-11(20-12)6-14-9-4-5-10-15-8-16-19(10)7-9/h8-9,14H,4-7H2,1-3H3/t9-/m0/s1. The fraction of sp³-hybridized carbons (Fsp3) is 0.692. The quantitative estimate of drug-likeness (QED) is 0.903. The molecule has 7 heteroatoms. The summed E-state index contributed by atoms with van der Waals surface area (Å²) in [7, 11) is 0. The zero-order chi connectivity index (χ0) is 14.2. The van der Waals surface area contributed by atoms with Crippen molar-refractivity contribution in [2.24, 2.45) is 0 Å². The Hall–Kier alpha value is -1.76. The summed E-state index contributed by atoms with van der Waals surface area (Å²) in [4.78, 5) is 4.22. The largest absolute Gasteiger partial charge is 0.423 e. The maximum absolute atomic E-state index is 5.67. The van der Waals surface area contributed by atoms with Crippen LogP contribution >= 0.6 is 0 Å². The number of nitrogens with one attached hydrogen (secondary N) is 1. The lowest BCUT2D eigenvalue weighted by atomic mass is 9.97. The van der Waals surface area contributed by atoms with Crippen LogP contribution in [0, 0.1) is 0 Å². The lowest BCUT2D eigenvalue weighted by Crippen LogP contribution is -2.37. The van der Waals surface area contributed by atoms with E-state index >= 15 is 0 Å². The molecule has 0 radical (unpaired) electrons. The molecule has 108 valence electrons. The van der Waals surface area contributed by atoms with Crippen LogP contribution in [0.3, 0.4) is 0 Å². The monoisotopic (exact) mass is 276 g/mol. The molecule has 0 aromatic carbocycles. The van der Waals surface area contributed by atoms with Gasteiger partial charge in [-0.15, -0.1) is 10.2 Å². The first kappa shape index (κ1) is 13.2. The van der Waals surface area contributed by atoms with Gasteiger partial charge in [-0.1, -0.05) is 20.8 Å². The Balaban J connectivity index is 1.57. The second-order valence-electron chi connectivity index (χ2n) is 6.23. The number of rotatable bonds is 3.